The minimum absolute atomic E-state index is 0.586. The van der Waals surface area contributed by atoms with Crippen molar-refractivity contribution in [3.05, 3.63) is 0 Å². The zero-order valence-electron chi connectivity index (χ0n) is 7.51. The number of thiocarbonyl (C=S) groups is 2. The van der Waals surface area contributed by atoms with Gasteiger partial charge in [-0.2, -0.15) is 23.5 Å². The lowest BCUT2D eigenvalue weighted by Gasteiger charge is -2.25. The number of rotatable bonds is 4. The highest BCUT2D eigenvalue weighted by Crippen LogP contribution is 2.30. The number of aliphatic imine (C=N–C) groups is 2. The molecule has 0 aliphatic carbocycles. The Morgan fingerprint density at radius 2 is 1.43 bits per heavy atom. The zero-order valence-corrected chi connectivity index (χ0v) is 10.8. The molecule has 0 N–H and O–H groups in total. The molecule has 2 nitrogen and oxygen atoms in total. The largest absolute Gasteiger partial charge is 0.231 e. The number of nitrogens with zero attached hydrogens (tertiary/aromatic N) is 2. The van der Waals surface area contributed by atoms with Gasteiger partial charge < -0.3 is 0 Å². The van der Waals surface area contributed by atoms with Gasteiger partial charge in [0, 0.05) is 22.0 Å². The van der Waals surface area contributed by atoms with Crippen LogP contribution in [0, 0.1) is 0 Å². The molecule has 2 unspecified atom stereocenters. The Morgan fingerprint density at radius 3 is 1.71 bits per heavy atom. The third kappa shape index (κ3) is 4.69. The molecule has 1 fully saturated rings. The Bertz CT molecular complexity index is 233. The third-order valence-corrected chi connectivity index (χ3v) is 5.20. The van der Waals surface area contributed by atoms with E-state index in [2.05, 4.69) is 44.7 Å². The normalized spacial score (nSPS) is 26.0. The second-order valence-electron chi connectivity index (χ2n) is 2.77. The van der Waals surface area contributed by atoms with E-state index in [0.29, 0.717) is 10.5 Å². The summed E-state index contributed by atoms with van der Waals surface area (Å²) in [6.45, 7) is 1.59. The van der Waals surface area contributed by atoms with Crippen LogP contribution < -0.4 is 0 Å². The molecule has 6 heteroatoms. The van der Waals surface area contributed by atoms with E-state index in [9.17, 15) is 0 Å². The van der Waals surface area contributed by atoms with Crippen LogP contribution in [0.2, 0.25) is 0 Å². The Hall–Kier alpha value is 0.300. The average Bonchev–Trinajstić information content (AvgIpc) is 2.25. The van der Waals surface area contributed by atoms with E-state index in [-0.39, 0.29) is 0 Å². The highest BCUT2D eigenvalue weighted by Gasteiger charge is 2.21. The summed E-state index contributed by atoms with van der Waals surface area (Å²) < 4.78 is 0. The van der Waals surface area contributed by atoms with Crippen LogP contribution in [0.25, 0.3) is 0 Å². The minimum Gasteiger partial charge on any atom is -0.231 e. The smallest absolute Gasteiger partial charge is 0.0619 e. The molecule has 0 aromatic carbocycles. The fraction of sp³-hybridized carbons (Fsp3) is 0.750. The van der Waals surface area contributed by atoms with E-state index < -0.39 is 0 Å². The van der Waals surface area contributed by atoms with Crippen molar-refractivity contribution in [1.29, 1.82) is 0 Å². The molecule has 14 heavy (non-hydrogen) atoms. The first-order valence-electron chi connectivity index (χ1n) is 4.17. The maximum absolute atomic E-state index is 4.53. The summed E-state index contributed by atoms with van der Waals surface area (Å²) in [5.74, 6) is 2.23. The Balaban J connectivity index is 2.23. The predicted molar refractivity (Wildman–Crippen MR) is 72.3 cm³/mol. The van der Waals surface area contributed by atoms with Gasteiger partial charge in [-0.15, -0.1) is 0 Å². The lowest BCUT2D eigenvalue weighted by atomic mass is 10.4. The summed E-state index contributed by atoms with van der Waals surface area (Å²) in [5.41, 5.74) is 0. The van der Waals surface area contributed by atoms with Gasteiger partial charge >= 0.3 is 0 Å². The van der Waals surface area contributed by atoms with Crippen LogP contribution in [0.3, 0.4) is 0 Å². The summed E-state index contributed by atoms with van der Waals surface area (Å²) in [4.78, 5) is 7.92. The molecule has 0 amide bonds. The molecule has 0 saturated carbocycles. The van der Waals surface area contributed by atoms with Gasteiger partial charge in [0.2, 0.25) is 0 Å². The summed E-state index contributed by atoms with van der Waals surface area (Å²) in [7, 11) is 0. The number of isothiocyanates is 2. The highest BCUT2D eigenvalue weighted by molar-refractivity contribution is 8.07. The molecule has 1 aliphatic heterocycles. The molecule has 1 aliphatic rings. The van der Waals surface area contributed by atoms with Crippen LogP contribution in [0.5, 0.6) is 0 Å². The molecule has 0 aromatic heterocycles. The van der Waals surface area contributed by atoms with Crippen molar-refractivity contribution in [2.45, 2.75) is 10.5 Å². The minimum atomic E-state index is 0.586. The van der Waals surface area contributed by atoms with Gasteiger partial charge in [0.05, 0.1) is 23.4 Å². The van der Waals surface area contributed by atoms with Crippen molar-refractivity contribution in [2.24, 2.45) is 9.98 Å². The number of thioether (sulfide) groups is 2. The van der Waals surface area contributed by atoms with Gasteiger partial charge in [-0.25, -0.2) is 9.98 Å². The van der Waals surface area contributed by atoms with Crippen LogP contribution in [-0.2, 0) is 0 Å². The molecule has 0 radical (unpaired) electrons. The molecule has 1 heterocycles. The van der Waals surface area contributed by atoms with Crippen molar-refractivity contribution in [3.63, 3.8) is 0 Å². The monoisotopic (exact) mass is 262 g/mol. The molecule has 2 atom stereocenters. The van der Waals surface area contributed by atoms with E-state index in [1.807, 2.05) is 23.5 Å². The van der Waals surface area contributed by atoms with Crippen molar-refractivity contribution in [2.75, 3.05) is 24.6 Å². The molecular weight excluding hydrogens is 252 g/mol. The summed E-state index contributed by atoms with van der Waals surface area (Å²) in [6, 6.07) is 0. The highest BCUT2D eigenvalue weighted by atomic mass is 32.2. The van der Waals surface area contributed by atoms with E-state index in [4.69, 9.17) is 0 Å². The van der Waals surface area contributed by atoms with Crippen molar-refractivity contribution < 1.29 is 0 Å². The van der Waals surface area contributed by atoms with E-state index in [1.165, 1.54) is 0 Å². The lowest BCUT2D eigenvalue weighted by molar-refractivity contribution is 0.912. The first-order valence-corrected chi connectivity index (χ1v) is 7.08. The van der Waals surface area contributed by atoms with E-state index >= 15 is 0 Å². The van der Waals surface area contributed by atoms with Gasteiger partial charge in [-0.05, 0) is 24.4 Å². The molecule has 0 aromatic rings. The summed E-state index contributed by atoms with van der Waals surface area (Å²) >= 11 is 12.9. The van der Waals surface area contributed by atoms with Gasteiger partial charge in [-0.3, -0.25) is 0 Å². The van der Waals surface area contributed by atoms with Gasteiger partial charge in [0.25, 0.3) is 0 Å². The fourth-order valence-electron chi connectivity index (χ4n) is 1.07. The molecule has 1 saturated heterocycles. The topological polar surface area (TPSA) is 24.7 Å². The second-order valence-corrected chi connectivity index (χ2v) is 5.81. The van der Waals surface area contributed by atoms with E-state index in [1.54, 1.807) is 0 Å². The van der Waals surface area contributed by atoms with Gasteiger partial charge in [0.15, 0.2) is 0 Å². The Kier molecular flexibility index (Phi) is 6.69. The predicted octanol–water partition coefficient (Wildman–Crippen LogP) is 2.41. The maximum Gasteiger partial charge on any atom is 0.0619 e. The Morgan fingerprint density at radius 1 is 1.00 bits per heavy atom. The van der Waals surface area contributed by atoms with Crippen LogP contribution in [0.4, 0.5) is 0 Å². The molecule has 0 bridgehead atoms. The first-order chi connectivity index (χ1) is 6.86. The number of hydrogen-bond acceptors (Lipinski definition) is 6. The van der Waals surface area contributed by atoms with Crippen LogP contribution >= 0.6 is 48.0 Å². The molecule has 1 rings (SSSR count). The SMILES string of the molecule is S=C=NCC1CSC(CN=C=S)CS1. The summed E-state index contributed by atoms with van der Waals surface area (Å²) in [5, 5.41) is 5.98. The third-order valence-electron chi connectivity index (χ3n) is 1.75. The van der Waals surface area contributed by atoms with Crippen molar-refractivity contribution >= 4 is 58.3 Å². The molecule has 76 valence electrons. The van der Waals surface area contributed by atoms with Crippen LogP contribution in [-0.4, -0.2) is 45.4 Å². The van der Waals surface area contributed by atoms with Crippen molar-refractivity contribution in [3.8, 4) is 0 Å². The standard InChI is InChI=1S/C8H10N2S4/c11-5-9-1-7-3-14-8(4-13-7)2-10-6-12/h7-8H,1-4H2. The summed E-state index contributed by atoms with van der Waals surface area (Å²) in [6.07, 6.45) is 0. The van der Waals surface area contributed by atoms with Crippen molar-refractivity contribution in [1.82, 2.24) is 0 Å². The fourth-order valence-corrected chi connectivity index (χ4v) is 4.01. The molecular formula is C8H10N2S4. The maximum atomic E-state index is 4.53. The quantitative estimate of drug-likeness (QED) is 0.574. The first kappa shape index (κ1) is 12.4. The van der Waals surface area contributed by atoms with Crippen LogP contribution in [0.15, 0.2) is 9.98 Å². The average molecular weight is 262 g/mol. The van der Waals surface area contributed by atoms with Crippen LogP contribution in [0.1, 0.15) is 0 Å². The van der Waals surface area contributed by atoms with Gasteiger partial charge in [-0.1, -0.05) is 0 Å². The Labute approximate surface area is 103 Å². The second kappa shape index (κ2) is 7.57. The van der Waals surface area contributed by atoms with E-state index in [0.717, 1.165) is 24.6 Å². The molecule has 0 spiro atoms. The van der Waals surface area contributed by atoms with Gasteiger partial charge in [0.1, 0.15) is 0 Å². The lowest BCUT2D eigenvalue weighted by Crippen LogP contribution is -2.25. The number of hydrogen-bond donors (Lipinski definition) is 0. The zero-order chi connectivity index (χ0) is 10.2.